The molecule has 12 nitrogen and oxygen atoms in total. The molecule has 0 amide bonds. The van der Waals surface area contributed by atoms with Crippen LogP contribution in [0.4, 0.5) is 0 Å². The van der Waals surface area contributed by atoms with Gasteiger partial charge in [-0.2, -0.15) is 5.10 Å². The Hall–Kier alpha value is -4.13. The maximum atomic E-state index is 10.3. The minimum absolute atomic E-state index is 0.766. The molecule has 0 bridgehead atoms. The van der Waals surface area contributed by atoms with E-state index in [1.54, 1.807) is 7.11 Å². The number of benzene rings is 1. The highest BCUT2D eigenvalue weighted by atomic mass is 16.5. The van der Waals surface area contributed by atoms with Crippen molar-refractivity contribution in [3.63, 3.8) is 0 Å². The van der Waals surface area contributed by atoms with Crippen LogP contribution < -0.4 is 0 Å². The summed E-state index contributed by atoms with van der Waals surface area (Å²) in [4.78, 5) is 37.3. The number of pyridine rings is 1. The number of rotatable bonds is 14. The molecule has 0 unspecified atom stereocenters. The number of aliphatic hydroxyl groups is 1. The number of methoxy groups -OCH3 is 1. The van der Waals surface area contributed by atoms with E-state index < -0.39 is 36.4 Å². The molecule has 1 aromatic carbocycles. The summed E-state index contributed by atoms with van der Waals surface area (Å²) in [5.41, 5.74) is 0.606. The molecule has 0 saturated carbocycles. The van der Waals surface area contributed by atoms with E-state index in [0.29, 0.717) is 0 Å². The van der Waals surface area contributed by atoms with Gasteiger partial charge in [-0.15, -0.1) is 0 Å². The molecule has 0 aliphatic heterocycles. The van der Waals surface area contributed by atoms with Crippen LogP contribution in [-0.4, -0.2) is 83.9 Å². The van der Waals surface area contributed by atoms with Gasteiger partial charge < -0.3 is 25.2 Å². The zero-order chi connectivity index (χ0) is 28.0. The predicted octanol–water partition coefficient (Wildman–Crippen LogP) is 2.06. The van der Waals surface area contributed by atoms with Gasteiger partial charge >= 0.3 is 17.9 Å². The molecular weight excluding hydrogens is 496 g/mol. The number of ether oxygens (including phenoxy) is 1. The van der Waals surface area contributed by atoms with Crippen LogP contribution >= 0.6 is 0 Å². The third-order valence-electron chi connectivity index (χ3n) is 5.28. The molecular formula is C26H32N4O8. The fourth-order valence-corrected chi connectivity index (χ4v) is 3.50. The molecule has 2 heterocycles. The Bertz CT molecular complexity index is 1140. The summed E-state index contributed by atoms with van der Waals surface area (Å²) in [6, 6.07) is 16.2. The van der Waals surface area contributed by atoms with Gasteiger partial charge in [0, 0.05) is 51.3 Å². The van der Waals surface area contributed by atoms with Gasteiger partial charge in [0.25, 0.3) is 0 Å². The molecule has 3 aromatic rings. The van der Waals surface area contributed by atoms with Gasteiger partial charge in [0.1, 0.15) is 0 Å². The Balaban J connectivity index is 0.000000332. The molecule has 0 spiro atoms. The smallest absolute Gasteiger partial charge is 0.336 e. The predicted molar refractivity (Wildman–Crippen MR) is 135 cm³/mol. The largest absolute Gasteiger partial charge is 0.481 e. The van der Waals surface area contributed by atoms with Crippen molar-refractivity contribution in [3.8, 4) is 5.69 Å². The standard InChI is InChI=1S/C20H24N4O.C6H8O7/c1-25-13-7-12-23(17-19-8-5-6-11-21-19)15-18-14-22-24(16-18)20-9-3-2-4-10-20;7-3(8)1-6(13,5(11)12)2-4(9)10/h2-6,8-11,14,16H,7,12-13,15,17H2,1H3;13H,1-2H2,(H,7,8)(H,9,10)(H,11,12). The summed E-state index contributed by atoms with van der Waals surface area (Å²) in [6.45, 7) is 3.39. The molecule has 0 aliphatic rings. The summed E-state index contributed by atoms with van der Waals surface area (Å²) in [6.07, 6.45) is 4.58. The van der Waals surface area contributed by atoms with E-state index in [1.165, 1.54) is 5.56 Å². The molecule has 2 aromatic heterocycles. The van der Waals surface area contributed by atoms with E-state index in [4.69, 9.17) is 25.2 Å². The maximum absolute atomic E-state index is 10.3. The second-order valence-corrected chi connectivity index (χ2v) is 8.48. The normalized spacial score (nSPS) is 11.0. The molecule has 0 atom stereocenters. The zero-order valence-electron chi connectivity index (χ0n) is 21.0. The average Bonchev–Trinajstić information content (AvgIpc) is 3.33. The van der Waals surface area contributed by atoms with Crippen LogP contribution in [0.25, 0.3) is 5.69 Å². The van der Waals surface area contributed by atoms with Crippen molar-refractivity contribution in [1.82, 2.24) is 19.7 Å². The highest BCUT2D eigenvalue weighted by Crippen LogP contribution is 2.16. The van der Waals surface area contributed by atoms with Crippen LogP contribution in [0.3, 0.4) is 0 Å². The van der Waals surface area contributed by atoms with Crippen molar-refractivity contribution in [3.05, 3.63) is 78.4 Å². The van der Waals surface area contributed by atoms with Gasteiger partial charge in [-0.1, -0.05) is 24.3 Å². The third-order valence-corrected chi connectivity index (χ3v) is 5.28. The zero-order valence-corrected chi connectivity index (χ0v) is 21.0. The second kappa shape index (κ2) is 15.2. The number of carbonyl (C=O) groups is 3. The minimum Gasteiger partial charge on any atom is -0.481 e. The van der Waals surface area contributed by atoms with Gasteiger partial charge in [-0.3, -0.25) is 19.5 Å². The molecule has 0 radical (unpaired) electrons. The van der Waals surface area contributed by atoms with Crippen LogP contribution in [0.5, 0.6) is 0 Å². The second-order valence-electron chi connectivity index (χ2n) is 8.48. The Morgan fingerprint density at radius 3 is 2.18 bits per heavy atom. The van der Waals surface area contributed by atoms with E-state index in [0.717, 1.165) is 44.0 Å². The van der Waals surface area contributed by atoms with Crippen LogP contribution in [0.15, 0.2) is 67.1 Å². The van der Waals surface area contributed by atoms with Gasteiger partial charge in [0.2, 0.25) is 0 Å². The Morgan fingerprint density at radius 2 is 1.63 bits per heavy atom. The lowest BCUT2D eigenvalue weighted by Gasteiger charge is -2.21. The summed E-state index contributed by atoms with van der Waals surface area (Å²) in [5, 5.41) is 38.3. The van der Waals surface area contributed by atoms with Gasteiger partial charge in [-0.25, -0.2) is 9.48 Å². The molecule has 0 saturated heterocycles. The number of para-hydroxylation sites is 1. The van der Waals surface area contributed by atoms with Crippen molar-refractivity contribution < 1.29 is 39.5 Å². The monoisotopic (exact) mass is 528 g/mol. The van der Waals surface area contributed by atoms with Crippen molar-refractivity contribution in [2.24, 2.45) is 0 Å². The van der Waals surface area contributed by atoms with Crippen LogP contribution in [0.1, 0.15) is 30.5 Å². The number of aliphatic carboxylic acids is 3. The topological polar surface area (TPSA) is 175 Å². The third kappa shape index (κ3) is 10.5. The summed E-state index contributed by atoms with van der Waals surface area (Å²) < 4.78 is 7.12. The lowest BCUT2D eigenvalue weighted by atomic mass is 9.96. The minimum atomic E-state index is -2.74. The SMILES string of the molecule is COCCCN(Cc1cnn(-c2ccccc2)c1)Cc1ccccn1.O=C(O)CC(O)(CC(=O)O)C(=O)O. The van der Waals surface area contributed by atoms with Gasteiger partial charge in [-0.05, 0) is 30.7 Å². The first-order valence-corrected chi connectivity index (χ1v) is 11.7. The van der Waals surface area contributed by atoms with E-state index >= 15 is 0 Å². The van der Waals surface area contributed by atoms with E-state index in [2.05, 4.69) is 39.4 Å². The number of hydrogen-bond acceptors (Lipinski definition) is 8. The highest BCUT2D eigenvalue weighted by Gasteiger charge is 2.40. The number of hydrogen-bond donors (Lipinski definition) is 4. The average molecular weight is 529 g/mol. The van der Waals surface area contributed by atoms with Gasteiger partial charge in [0.15, 0.2) is 5.60 Å². The van der Waals surface area contributed by atoms with Crippen LogP contribution in [0.2, 0.25) is 0 Å². The lowest BCUT2D eigenvalue weighted by molar-refractivity contribution is -0.170. The van der Waals surface area contributed by atoms with E-state index in [-0.39, 0.29) is 0 Å². The molecule has 0 aliphatic carbocycles. The Labute approximate surface area is 219 Å². The summed E-state index contributed by atoms with van der Waals surface area (Å²) >= 11 is 0. The van der Waals surface area contributed by atoms with Crippen molar-refractivity contribution >= 4 is 17.9 Å². The molecule has 12 heteroatoms. The number of carboxylic acid groups (broad SMARTS) is 3. The first kappa shape index (κ1) is 30.1. The molecule has 38 heavy (non-hydrogen) atoms. The maximum Gasteiger partial charge on any atom is 0.336 e. The van der Waals surface area contributed by atoms with Crippen LogP contribution in [0, 0.1) is 0 Å². The lowest BCUT2D eigenvalue weighted by Crippen LogP contribution is -2.42. The first-order valence-electron chi connectivity index (χ1n) is 11.7. The summed E-state index contributed by atoms with van der Waals surface area (Å²) in [7, 11) is 1.74. The first-order chi connectivity index (χ1) is 18.1. The van der Waals surface area contributed by atoms with Crippen LogP contribution in [-0.2, 0) is 32.2 Å². The van der Waals surface area contributed by atoms with Crippen molar-refractivity contribution in [2.45, 2.75) is 38.0 Å². The molecule has 0 fully saturated rings. The van der Waals surface area contributed by atoms with Crippen molar-refractivity contribution in [1.29, 1.82) is 0 Å². The van der Waals surface area contributed by atoms with Crippen molar-refractivity contribution in [2.75, 3.05) is 20.3 Å². The molecule has 3 rings (SSSR count). The highest BCUT2D eigenvalue weighted by molar-refractivity contribution is 5.88. The van der Waals surface area contributed by atoms with E-state index in [9.17, 15) is 14.4 Å². The summed E-state index contributed by atoms with van der Waals surface area (Å²) in [5.74, 6) is -5.02. The van der Waals surface area contributed by atoms with Gasteiger partial charge in [0.05, 0.1) is 30.4 Å². The quantitative estimate of drug-likeness (QED) is 0.225. The Morgan fingerprint density at radius 1 is 0.974 bits per heavy atom. The molecule has 4 N–H and O–H groups in total. The number of nitrogens with zero attached hydrogens (tertiary/aromatic N) is 4. The molecule has 204 valence electrons. The number of aromatic nitrogens is 3. The fourth-order valence-electron chi connectivity index (χ4n) is 3.50. The fraction of sp³-hybridized carbons (Fsp3) is 0.346. The Kier molecular flexibility index (Phi) is 12.0. The number of carboxylic acids is 3. The van der Waals surface area contributed by atoms with E-state index in [1.807, 2.05) is 47.4 Å².